The lowest BCUT2D eigenvalue weighted by Crippen LogP contribution is -2.50. The number of morpholine rings is 1. The summed E-state index contributed by atoms with van der Waals surface area (Å²) in [5.41, 5.74) is 1.38. The van der Waals surface area contributed by atoms with Gasteiger partial charge in [0.1, 0.15) is 0 Å². The summed E-state index contributed by atoms with van der Waals surface area (Å²) in [6.07, 6.45) is 1.36. The third kappa shape index (κ3) is 5.43. The molecule has 3 atom stereocenters. The smallest absolute Gasteiger partial charge is 0.191 e. The number of hydrogen-bond donors (Lipinski definition) is 2. The van der Waals surface area contributed by atoms with Gasteiger partial charge in [-0.15, -0.1) is 0 Å². The predicted octanol–water partition coefficient (Wildman–Crippen LogP) is 1.15. The van der Waals surface area contributed by atoms with E-state index in [0.717, 1.165) is 51.7 Å². The number of rotatable bonds is 5. The number of hydrogen-bond acceptors (Lipinski definition) is 4. The number of benzene rings is 1. The van der Waals surface area contributed by atoms with Crippen molar-refractivity contribution >= 4 is 5.96 Å². The van der Waals surface area contributed by atoms with Crippen LogP contribution in [-0.2, 0) is 11.3 Å². The van der Waals surface area contributed by atoms with Crippen molar-refractivity contribution in [1.82, 2.24) is 20.4 Å². The summed E-state index contributed by atoms with van der Waals surface area (Å²) >= 11 is 0. The van der Waals surface area contributed by atoms with Crippen LogP contribution in [0, 0.1) is 0 Å². The molecule has 6 nitrogen and oxygen atoms in total. The molecule has 0 amide bonds. The van der Waals surface area contributed by atoms with Gasteiger partial charge in [0.15, 0.2) is 5.96 Å². The van der Waals surface area contributed by atoms with Gasteiger partial charge in [0.25, 0.3) is 0 Å². The third-order valence-corrected chi connectivity index (χ3v) is 5.34. The molecule has 2 fully saturated rings. The van der Waals surface area contributed by atoms with Crippen LogP contribution in [0.5, 0.6) is 0 Å². The topological polar surface area (TPSA) is 52.1 Å². The van der Waals surface area contributed by atoms with Crippen LogP contribution in [0.1, 0.15) is 18.9 Å². The van der Waals surface area contributed by atoms with E-state index in [1.54, 1.807) is 0 Å². The Kier molecular flexibility index (Phi) is 6.88. The Balaban J connectivity index is 1.45. The van der Waals surface area contributed by atoms with E-state index in [4.69, 9.17) is 4.74 Å². The van der Waals surface area contributed by atoms with Crippen LogP contribution in [0.15, 0.2) is 35.3 Å². The highest BCUT2D eigenvalue weighted by atomic mass is 16.5. The minimum Gasteiger partial charge on any atom is -0.374 e. The van der Waals surface area contributed by atoms with Gasteiger partial charge in [-0.1, -0.05) is 30.3 Å². The average molecular weight is 360 g/mol. The number of nitrogens with zero attached hydrogens (tertiary/aromatic N) is 3. The zero-order chi connectivity index (χ0) is 18.4. The van der Waals surface area contributed by atoms with Crippen LogP contribution in [-0.4, -0.2) is 80.8 Å². The van der Waals surface area contributed by atoms with Crippen molar-refractivity contribution in [3.8, 4) is 0 Å². The number of likely N-dealkylation sites (N-methyl/N-ethyl adjacent to an activating group) is 1. The second kappa shape index (κ2) is 9.35. The van der Waals surface area contributed by atoms with Crippen molar-refractivity contribution in [3.05, 3.63) is 35.9 Å². The quantitative estimate of drug-likeness (QED) is 0.610. The number of likely N-dealkylation sites (tertiary alicyclic amines) is 1. The van der Waals surface area contributed by atoms with E-state index in [1.165, 1.54) is 5.56 Å². The molecule has 0 aliphatic carbocycles. The van der Waals surface area contributed by atoms with Crippen molar-refractivity contribution in [2.75, 3.05) is 46.9 Å². The van der Waals surface area contributed by atoms with Gasteiger partial charge in [-0.3, -0.25) is 9.89 Å². The molecule has 0 radical (unpaired) electrons. The van der Waals surface area contributed by atoms with E-state index in [1.807, 2.05) is 7.05 Å². The average Bonchev–Trinajstić information content (AvgIpc) is 2.98. The molecule has 1 aromatic rings. The molecule has 6 heteroatoms. The predicted molar refractivity (Wildman–Crippen MR) is 106 cm³/mol. The van der Waals surface area contributed by atoms with Gasteiger partial charge in [0.05, 0.1) is 12.7 Å². The minimum absolute atomic E-state index is 0.226. The second-order valence-electron chi connectivity index (χ2n) is 7.55. The molecule has 3 unspecified atom stereocenters. The normalized spacial score (nSPS) is 28.3. The molecule has 26 heavy (non-hydrogen) atoms. The number of guanidine groups is 1. The number of nitrogens with one attached hydrogen (secondary N) is 2. The van der Waals surface area contributed by atoms with Crippen molar-refractivity contribution in [2.24, 2.45) is 4.99 Å². The fourth-order valence-corrected chi connectivity index (χ4v) is 3.83. The van der Waals surface area contributed by atoms with Gasteiger partial charge in [0.2, 0.25) is 0 Å². The van der Waals surface area contributed by atoms with Crippen LogP contribution in [0.4, 0.5) is 0 Å². The summed E-state index contributed by atoms with van der Waals surface area (Å²) in [6, 6.07) is 11.7. The zero-order valence-electron chi connectivity index (χ0n) is 16.3. The van der Waals surface area contributed by atoms with Gasteiger partial charge in [-0.2, -0.15) is 0 Å². The van der Waals surface area contributed by atoms with Crippen molar-refractivity contribution in [3.63, 3.8) is 0 Å². The summed E-state index contributed by atoms with van der Waals surface area (Å²) < 4.78 is 5.82. The summed E-state index contributed by atoms with van der Waals surface area (Å²) in [4.78, 5) is 9.25. The largest absolute Gasteiger partial charge is 0.374 e. The fraction of sp³-hybridized carbons (Fsp3) is 0.650. The van der Waals surface area contributed by atoms with Crippen molar-refractivity contribution in [1.29, 1.82) is 0 Å². The molecule has 0 aromatic heterocycles. The Morgan fingerprint density at radius 3 is 2.81 bits per heavy atom. The highest BCUT2D eigenvalue weighted by Gasteiger charge is 2.29. The zero-order valence-corrected chi connectivity index (χ0v) is 16.3. The molecule has 2 N–H and O–H groups in total. The maximum atomic E-state index is 5.82. The monoisotopic (exact) mass is 359 g/mol. The molecule has 0 saturated carbocycles. The third-order valence-electron chi connectivity index (χ3n) is 5.34. The highest BCUT2D eigenvalue weighted by Crippen LogP contribution is 2.20. The van der Waals surface area contributed by atoms with E-state index < -0.39 is 0 Å². The van der Waals surface area contributed by atoms with Crippen molar-refractivity contribution in [2.45, 2.75) is 38.1 Å². The molecule has 3 rings (SSSR count). The maximum Gasteiger partial charge on any atom is 0.191 e. The van der Waals surface area contributed by atoms with Gasteiger partial charge >= 0.3 is 0 Å². The van der Waals surface area contributed by atoms with Gasteiger partial charge in [-0.25, -0.2) is 0 Å². The first-order chi connectivity index (χ1) is 12.6. The molecular formula is C20H33N5O. The van der Waals surface area contributed by atoms with Gasteiger partial charge < -0.3 is 20.3 Å². The van der Waals surface area contributed by atoms with Crippen LogP contribution >= 0.6 is 0 Å². The van der Waals surface area contributed by atoms with Gasteiger partial charge in [-0.05, 0) is 26.0 Å². The second-order valence-corrected chi connectivity index (χ2v) is 7.55. The van der Waals surface area contributed by atoms with Crippen LogP contribution in [0.2, 0.25) is 0 Å². The Labute approximate surface area is 157 Å². The van der Waals surface area contributed by atoms with Crippen LogP contribution in [0.25, 0.3) is 0 Å². The fourth-order valence-electron chi connectivity index (χ4n) is 3.83. The molecule has 0 spiro atoms. The maximum absolute atomic E-state index is 5.82. The molecule has 2 aliphatic heterocycles. The van der Waals surface area contributed by atoms with E-state index in [-0.39, 0.29) is 6.10 Å². The van der Waals surface area contributed by atoms with E-state index >= 15 is 0 Å². The van der Waals surface area contributed by atoms with Crippen LogP contribution < -0.4 is 10.6 Å². The lowest BCUT2D eigenvalue weighted by atomic mass is 10.2. The van der Waals surface area contributed by atoms with Crippen molar-refractivity contribution < 1.29 is 4.74 Å². The van der Waals surface area contributed by atoms with Gasteiger partial charge in [0, 0.05) is 51.9 Å². The summed E-state index contributed by atoms with van der Waals surface area (Å²) in [6.45, 7) is 7.94. The summed E-state index contributed by atoms with van der Waals surface area (Å²) in [5.74, 6) is 0.876. The van der Waals surface area contributed by atoms with E-state index in [9.17, 15) is 0 Å². The summed E-state index contributed by atoms with van der Waals surface area (Å²) in [7, 11) is 3.98. The Morgan fingerprint density at radius 1 is 1.27 bits per heavy atom. The van der Waals surface area contributed by atoms with Crippen LogP contribution in [0.3, 0.4) is 0 Å². The molecule has 144 valence electrons. The molecule has 1 aromatic carbocycles. The summed E-state index contributed by atoms with van der Waals surface area (Å²) in [5, 5.41) is 7.03. The lowest BCUT2D eigenvalue weighted by molar-refractivity contribution is -0.0161. The Hall–Kier alpha value is -1.63. The molecule has 2 heterocycles. The number of aliphatic imine (C=N–C) groups is 1. The Morgan fingerprint density at radius 2 is 2.08 bits per heavy atom. The lowest BCUT2D eigenvalue weighted by Gasteiger charge is -2.30. The molecule has 2 aliphatic rings. The number of ether oxygens (including phenoxy) is 1. The first-order valence-corrected chi connectivity index (χ1v) is 9.69. The molecule has 0 bridgehead atoms. The minimum atomic E-state index is 0.226. The first-order valence-electron chi connectivity index (χ1n) is 9.69. The highest BCUT2D eigenvalue weighted by molar-refractivity contribution is 5.80. The van der Waals surface area contributed by atoms with E-state index in [2.05, 4.69) is 69.7 Å². The standard InChI is InChI=1S/C20H33N5O/c1-16-11-18(14-25(16)13-17-7-5-4-6-8-17)23-20(21-2)22-12-19-15-24(3)9-10-26-19/h4-8,16,18-19H,9-15H2,1-3H3,(H2,21,22,23). The first kappa shape index (κ1) is 19.1. The molecule has 2 saturated heterocycles. The Bertz CT molecular complexity index is 579. The van der Waals surface area contributed by atoms with E-state index in [0.29, 0.717) is 12.1 Å². The SMILES string of the molecule is CN=C(NCC1CN(C)CCO1)NC1CC(C)N(Cc2ccccc2)C1. The molecular weight excluding hydrogens is 326 g/mol.